The van der Waals surface area contributed by atoms with Crippen molar-refractivity contribution >= 4 is 0 Å². The molecule has 4 heteroatoms. The van der Waals surface area contributed by atoms with Gasteiger partial charge in [0, 0.05) is 30.3 Å². The fraction of sp³-hybridized carbons (Fsp3) is 0.545. The fourth-order valence-corrected chi connectivity index (χ4v) is 1.90. The highest BCUT2D eigenvalue weighted by atomic mass is 16.5. The van der Waals surface area contributed by atoms with E-state index in [2.05, 4.69) is 4.98 Å². The molecule has 0 spiro atoms. The molecule has 1 fully saturated rings. The van der Waals surface area contributed by atoms with Crippen LogP contribution in [0.15, 0.2) is 16.9 Å². The van der Waals surface area contributed by atoms with E-state index in [1.54, 1.807) is 0 Å². The van der Waals surface area contributed by atoms with Crippen LogP contribution in [0.3, 0.4) is 0 Å². The smallest absolute Gasteiger partial charge is 0.252 e. The van der Waals surface area contributed by atoms with Gasteiger partial charge in [-0.3, -0.25) is 4.79 Å². The highest BCUT2D eigenvalue weighted by Crippen LogP contribution is 2.22. The van der Waals surface area contributed by atoms with Crippen LogP contribution in [-0.4, -0.2) is 18.2 Å². The summed E-state index contributed by atoms with van der Waals surface area (Å²) in [5, 5.41) is 0. The zero-order chi connectivity index (χ0) is 10.7. The Morgan fingerprint density at radius 1 is 1.53 bits per heavy atom. The van der Waals surface area contributed by atoms with E-state index in [0.29, 0.717) is 18.1 Å². The van der Waals surface area contributed by atoms with Gasteiger partial charge in [-0.2, -0.15) is 0 Å². The van der Waals surface area contributed by atoms with Crippen molar-refractivity contribution in [3.8, 4) is 0 Å². The Balaban J connectivity index is 2.21. The second-order valence-electron chi connectivity index (χ2n) is 3.89. The maximum atomic E-state index is 11.5. The van der Waals surface area contributed by atoms with Gasteiger partial charge in [0.15, 0.2) is 0 Å². The average Bonchev–Trinajstić information content (AvgIpc) is 2.30. The largest absolute Gasteiger partial charge is 0.381 e. The standard InChI is InChI=1S/C11H16N2O2/c12-6-8-3-4-10(13-11(8)14)9-2-1-5-15-7-9/h3-4,9H,1-2,5-7,12H2,(H,13,14). The van der Waals surface area contributed by atoms with Gasteiger partial charge in [-0.25, -0.2) is 0 Å². The summed E-state index contributed by atoms with van der Waals surface area (Å²) < 4.78 is 5.39. The Hall–Kier alpha value is -1.13. The van der Waals surface area contributed by atoms with Crippen LogP contribution in [0.25, 0.3) is 0 Å². The molecule has 0 radical (unpaired) electrons. The lowest BCUT2D eigenvalue weighted by Crippen LogP contribution is -2.22. The summed E-state index contributed by atoms with van der Waals surface area (Å²) in [6.07, 6.45) is 2.14. The minimum Gasteiger partial charge on any atom is -0.381 e. The quantitative estimate of drug-likeness (QED) is 0.752. The third-order valence-electron chi connectivity index (χ3n) is 2.83. The minimum absolute atomic E-state index is 0.0689. The molecular formula is C11H16N2O2. The van der Waals surface area contributed by atoms with Gasteiger partial charge in [-0.15, -0.1) is 0 Å². The topological polar surface area (TPSA) is 68.1 Å². The molecule has 0 aliphatic carbocycles. The molecule has 1 aromatic heterocycles. The normalized spacial score (nSPS) is 21.5. The SMILES string of the molecule is NCc1ccc(C2CCCOC2)[nH]c1=O. The van der Waals surface area contributed by atoms with Crippen LogP contribution in [0.2, 0.25) is 0 Å². The van der Waals surface area contributed by atoms with Gasteiger partial charge in [-0.1, -0.05) is 6.07 Å². The van der Waals surface area contributed by atoms with Crippen molar-refractivity contribution in [3.05, 3.63) is 33.7 Å². The van der Waals surface area contributed by atoms with E-state index in [1.165, 1.54) is 0 Å². The number of aromatic amines is 1. The predicted molar refractivity (Wildman–Crippen MR) is 57.7 cm³/mol. The molecular weight excluding hydrogens is 192 g/mol. The van der Waals surface area contributed by atoms with Crippen molar-refractivity contribution in [1.82, 2.24) is 4.98 Å². The Kier molecular flexibility index (Phi) is 3.18. The van der Waals surface area contributed by atoms with Crippen molar-refractivity contribution in [2.75, 3.05) is 13.2 Å². The van der Waals surface area contributed by atoms with Crippen molar-refractivity contribution in [3.63, 3.8) is 0 Å². The molecule has 0 saturated carbocycles. The molecule has 0 aromatic carbocycles. The maximum Gasteiger partial charge on any atom is 0.252 e. The molecule has 1 saturated heterocycles. The third kappa shape index (κ3) is 2.27. The lowest BCUT2D eigenvalue weighted by atomic mass is 9.98. The first-order valence-electron chi connectivity index (χ1n) is 5.31. The number of hydrogen-bond donors (Lipinski definition) is 2. The molecule has 1 atom stereocenters. The van der Waals surface area contributed by atoms with Gasteiger partial charge in [0.2, 0.25) is 0 Å². The number of nitrogens with two attached hydrogens (primary N) is 1. The van der Waals surface area contributed by atoms with Crippen LogP contribution in [0.4, 0.5) is 0 Å². The van der Waals surface area contributed by atoms with Crippen LogP contribution in [0.1, 0.15) is 30.0 Å². The van der Waals surface area contributed by atoms with E-state index in [9.17, 15) is 4.79 Å². The zero-order valence-corrected chi connectivity index (χ0v) is 8.66. The monoisotopic (exact) mass is 208 g/mol. The molecule has 1 aliphatic rings. The number of pyridine rings is 1. The highest BCUT2D eigenvalue weighted by molar-refractivity contribution is 5.17. The minimum atomic E-state index is -0.0689. The first kappa shape index (κ1) is 10.4. The van der Waals surface area contributed by atoms with E-state index in [1.807, 2.05) is 12.1 Å². The number of ether oxygens (including phenoxy) is 1. The summed E-state index contributed by atoms with van der Waals surface area (Å²) in [6.45, 7) is 1.83. The lowest BCUT2D eigenvalue weighted by molar-refractivity contribution is 0.0792. The van der Waals surface area contributed by atoms with Gasteiger partial charge in [0.1, 0.15) is 0 Å². The molecule has 2 rings (SSSR count). The molecule has 0 amide bonds. The fourth-order valence-electron chi connectivity index (χ4n) is 1.90. The molecule has 1 aliphatic heterocycles. The number of hydrogen-bond acceptors (Lipinski definition) is 3. The van der Waals surface area contributed by atoms with E-state index in [0.717, 1.165) is 25.1 Å². The number of H-pyrrole nitrogens is 1. The Morgan fingerprint density at radius 2 is 2.40 bits per heavy atom. The van der Waals surface area contributed by atoms with Crippen molar-refractivity contribution in [2.45, 2.75) is 25.3 Å². The molecule has 3 N–H and O–H groups in total. The van der Waals surface area contributed by atoms with Gasteiger partial charge in [0.05, 0.1) is 6.61 Å². The zero-order valence-electron chi connectivity index (χ0n) is 8.66. The lowest BCUT2D eigenvalue weighted by Gasteiger charge is -2.21. The molecule has 4 nitrogen and oxygen atoms in total. The Morgan fingerprint density at radius 3 is 3.00 bits per heavy atom. The summed E-state index contributed by atoms with van der Waals surface area (Å²) in [6, 6.07) is 3.76. The molecule has 82 valence electrons. The van der Waals surface area contributed by atoms with Crippen LogP contribution in [-0.2, 0) is 11.3 Å². The van der Waals surface area contributed by atoms with E-state index in [4.69, 9.17) is 10.5 Å². The molecule has 0 bridgehead atoms. The Labute approximate surface area is 88.4 Å². The van der Waals surface area contributed by atoms with Crippen LogP contribution < -0.4 is 11.3 Å². The van der Waals surface area contributed by atoms with E-state index in [-0.39, 0.29) is 12.1 Å². The van der Waals surface area contributed by atoms with E-state index >= 15 is 0 Å². The first-order valence-corrected chi connectivity index (χ1v) is 5.31. The summed E-state index contributed by atoms with van der Waals surface area (Å²) in [4.78, 5) is 14.4. The van der Waals surface area contributed by atoms with Gasteiger partial charge < -0.3 is 15.5 Å². The van der Waals surface area contributed by atoms with Crippen molar-refractivity contribution in [1.29, 1.82) is 0 Å². The maximum absolute atomic E-state index is 11.5. The summed E-state index contributed by atoms with van der Waals surface area (Å²) >= 11 is 0. The number of nitrogens with one attached hydrogen (secondary N) is 1. The van der Waals surface area contributed by atoms with Crippen LogP contribution in [0, 0.1) is 0 Å². The van der Waals surface area contributed by atoms with Crippen LogP contribution in [0.5, 0.6) is 0 Å². The van der Waals surface area contributed by atoms with Gasteiger partial charge >= 0.3 is 0 Å². The molecule has 1 aromatic rings. The highest BCUT2D eigenvalue weighted by Gasteiger charge is 2.16. The summed E-state index contributed by atoms with van der Waals surface area (Å²) in [7, 11) is 0. The van der Waals surface area contributed by atoms with Crippen LogP contribution >= 0.6 is 0 Å². The van der Waals surface area contributed by atoms with E-state index < -0.39 is 0 Å². The van der Waals surface area contributed by atoms with Crippen molar-refractivity contribution < 1.29 is 4.74 Å². The first-order chi connectivity index (χ1) is 7.31. The second kappa shape index (κ2) is 4.59. The molecule has 2 heterocycles. The third-order valence-corrected chi connectivity index (χ3v) is 2.83. The van der Waals surface area contributed by atoms with Gasteiger partial charge in [0.25, 0.3) is 5.56 Å². The number of rotatable bonds is 2. The predicted octanol–water partition coefficient (Wildman–Crippen LogP) is 0.728. The summed E-state index contributed by atoms with van der Waals surface area (Å²) in [5.74, 6) is 0.332. The van der Waals surface area contributed by atoms with Crippen molar-refractivity contribution in [2.24, 2.45) is 5.73 Å². The van der Waals surface area contributed by atoms with Gasteiger partial charge in [-0.05, 0) is 18.9 Å². The Bertz CT molecular complexity index is 380. The second-order valence-corrected chi connectivity index (χ2v) is 3.89. The molecule has 15 heavy (non-hydrogen) atoms. The summed E-state index contributed by atoms with van der Waals surface area (Å²) in [5.41, 5.74) is 6.97. The number of aromatic nitrogens is 1. The molecule has 1 unspecified atom stereocenters. The average molecular weight is 208 g/mol.